The maximum atomic E-state index is 11.4. The van der Waals surface area contributed by atoms with Gasteiger partial charge in [-0.1, -0.05) is 0 Å². The molecule has 6 heteroatoms. The maximum absolute atomic E-state index is 11.4. The number of ether oxygens (including phenoxy) is 1. The molecule has 0 aromatic heterocycles. The van der Waals surface area contributed by atoms with Crippen LogP contribution in [0.1, 0.15) is 6.42 Å². The van der Waals surface area contributed by atoms with Gasteiger partial charge in [-0.25, -0.2) is 8.42 Å². The van der Waals surface area contributed by atoms with Gasteiger partial charge < -0.3 is 15.2 Å². The smallest absolute Gasteiger partial charge is 0.154 e. The lowest BCUT2D eigenvalue weighted by Crippen LogP contribution is -2.35. The summed E-state index contributed by atoms with van der Waals surface area (Å²) in [6.45, 7) is 0.212. The van der Waals surface area contributed by atoms with Gasteiger partial charge in [0.1, 0.15) is 0 Å². The molecule has 14 heavy (non-hydrogen) atoms. The molecule has 0 radical (unpaired) electrons. The maximum Gasteiger partial charge on any atom is 0.154 e. The predicted octanol–water partition coefficient (Wildman–Crippen LogP) is -0.982. The van der Waals surface area contributed by atoms with Crippen molar-refractivity contribution in [3.8, 4) is 0 Å². The van der Waals surface area contributed by atoms with E-state index in [4.69, 9.17) is 9.84 Å². The second-order valence-corrected chi connectivity index (χ2v) is 5.33. The Morgan fingerprint density at radius 1 is 1.50 bits per heavy atom. The molecular weight excluding hydrogens is 206 g/mol. The Morgan fingerprint density at radius 3 is 2.57 bits per heavy atom. The number of aliphatic hydroxyl groups excluding tert-OH is 1. The van der Waals surface area contributed by atoms with Gasteiger partial charge in [0, 0.05) is 19.8 Å². The zero-order valence-electron chi connectivity index (χ0n) is 8.69. The van der Waals surface area contributed by atoms with Crippen LogP contribution < -0.4 is 5.32 Å². The molecular formula is C8H19NO4S. The molecule has 5 nitrogen and oxygen atoms in total. The molecule has 86 valence electrons. The quantitative estimate of drug-likeness (QED) is 0.555. The molecule has 0 aromatic rings. The Balaban J connectivity index is 4.04. The van der Waals surface area contributed by atoms with Crippen LogP contribution in [0.4, 0.5) is 0 Å². The Morgan fingerprint density at radius 2 is 2.14 bits per heavy atom. The molecule has 0 saturated carbocycles. The normalized spacial score (nSPS) is 14.2. The van der Waals surface area contributed by atoms with Gasteiger partial charge in [-0.2, -0.15) is 0 Å². The number of sulfone groups is 1. The van der Waals surface area contributed by atoms with Gasteiger partial charge in [-0.15, -0.1) is 0 Å². The minimum absolute atomic E-state index is 0.00863. The van der Waals surface area contributed by atoms with Crippen LogP contribution in [0.5, 0.6) is 0 Å². The molecule has 0 rings (SSSR count). The van der Waals surface area contributed by atoms with Crippen LogP contribution in [0, 0.1) is 0 Å². The summed E-state index contributed by atoms with van der Waals surface area (Å²) in [6, 6.07) is -0.179. The highest BCUT2D eigenvalue weighted by atomic mass is 32.2. The summed E-state index contributed by atoms with van der Waals surface area (Å²) in [7, 11) is 0.0818. The molecule has 0 spiro atoms. The van der Waals surface area contributed by atoms with Crippen LogP contribution in [0.15, 0.2) is 0 Å². The standard InChI is InChI=1S/C8H19NO4S/c1-9-8(3-4-10)7-14(11,12)6-5-13-2/h8-10H,3-7H2,1-2H3. The van der Waals surface area contributed by atoms with E-state index in [1.54, 1.807) is 7.05 Å². The summed E-state index contributed by atoms with van der Waals surface area (Å²) in [5.74, 6) is 0.0839. The molecule has 0 heterocycles. The van der Waals surface area contributed by atoms with Crippen LogP contribution in [0.25, 0.3) is 0 Å². The summed E-state index contributed by atoms with van der Waals surface area (Å²) in [4.78, 5) is 0. The number of rotatable bonds is 8. The van der Waals surface area contributed by atoms with E-state index in [1.807, 2.05) is 0 Å². The third-order valence-electron chi connectivity index (χ3n) is 1.94. The molecule has 1 atom stereocenters. The highest BCUT2D eigenvalue weighted by Crippen LogP contribution is 1.98. The first-order chi connectivity index (χ1) is 6.55. The summed E-state index contributed by atoms with van der Waals surface area (Å²) in [5.41, 5.74) is 0. The van der Waals surface area contributed by atoms with Gasteiger partial charge in [-0.3, -0.25) is 0 Å². The predicted molar refractivity (Wildman–Crippen MR) is 55.1 cm³/mol. The lowest BCUT2D eigenvalue weighted by Gasteiger charge is -2.14. The molecule has 0 aliphatic heterocycles. The molecule has 0 saturated heterocycles. The van der Waals surface area contributed by atoms with Crippen molar-refractivity contribution < 1.29 is 18.3 Å². The summed E-state index contributed by atoms with van der Waals surface area (Å²) < 4.78 is 27.6. The fourth-order valence-electron chi connectivity index (χ4n) is 1.07. The lowest BCUT2D eigenvalue weighted by atomic mass is 10.2. The van der Waals surface area contributed by atoms with Crippen molar-refractivity contribution in [2.45, 2.75) is 12.5 Å². The monoisotopic (exact) mass is 225 g/mol. The van der Waals surface area contributed by atoms with Crippen molar-refractivity contribution >= 4 is 9.84 Å². The highest BCUT2D eigenvalue weighted by Gasteiger charge is 2.17. The topological polar surface area (TPSA) is 75.6 Å². The zero-order chi connectivity index (χ0) is 11.0. The molecule has 0 bridgehead atoms. The molecule has 1 unspecified atom stereocenters. The minimum Gasteiger partial charge on any atom is -0.396 e. The lowest BCUT2D eigenvalue weighted by molar-refractivity contribution is 0.217. The number of nitrogens with one attached hydrogen (secondary N) is 1. The van der Waals surface area contributed by atoms with E-state index in [1.165, 1.54) is 7.11 Å². The zero-order valence-corrected chi connectivity index (χ0v) is 9.51. The van der Waals surface area contributed by atoms with Crippen LogP contribution in [-0.4, -0.2) is 58.4 Å². The number of aliphatic hydroxyl groups is 1. The largest absolute Gasteiger partial charge is 0.396 e. The second-order valence-electron chi connectivity index (χ2n) is 3.11. The number of hydrogen-bond donors (Lipinski definition) is 2. The summed E-state index contributed by atoms with van der Waals surface area (Å²) >= 11 is 0. The van der Waals surface area contributed by atoms with Gasteiger partial charge in [0.25, 0.3) is 0 Å². The molecule has 2 N–H and O–H groups in total. The first-order valence-electron chi connectivity index (χ1n) is 4.53. The number of methoxy groups -OCH3 is 1. The van der Waals surface area contributed by atoms with Crippen molar-refractivity contribution in [3.05, 3.63) is 0 Å². The van der Waals surface area contributed by atoms with Crippen molar-refractivity contribution in [3.63, 3.8) is 0 Å². The Hall–Kier alpha value is -0.170. The van der Waals surface area contributed by atoms with Gasteiger partial charge in [-0.05, 0) is 13.5 Å². The van der Waals surface area contributed by atoms with Gasteiger partial charge in [0.05, 0.1) is 18.1 Å². The fourth-order valence-corrected chi connectivity index (χ4v) is 2.60. The SMILES string of the molecule is CNC(CCO)CS(=O)(=O)CCOC. The average Bonchev–Trinajstić information content (AvgIpc) is 2.14. The van der Waals surface area contributed by atoms with E-state index in [-0.39, 0.29) is 30.8 Å². The van der Waals surface area contributed by atoms with Crippen LogP contribution in [-0.2, 0) is 14.6 Å². The first-order valence-corrected chi connectivity index (χ1v) is 6.35. The molecule has 0 aliphatic carbocycles. The Kier molecular flexibility index (Phi) is 7.08. The summed E-state index contributed by atoms with van der Waals surface area (Å²) in [6.07, 6.45) is 0.447. The Labute approximate surface area is 85.4 Å². The molecule has 0 aromatic carbocycles. The van der Waals surface area contributed by atoms with Crippen LogP contribution >= 0.6 is 0 Å². The van der Waals surface area contributed by atoms with Crippen LogP contribution in [0.3, 0.4) is 0 Å². The minimum atomic E-state index is -3.08. The van der Waals surface area contributed by atoms with Gasteiger partial charge >= 0.3 is 0 Å². The van der Waals surface area contributed by atoms with Crippen molar-refractivity contribution in [2.24, 2.45) is 0 Å². The average molecular weight is 225 g/mol. The highest BCUT2D eigenvalue weighted by molar-refractivity contribution is 7.91. The second kappa shape index (κ2) is 7.17. The van der Waals surface area contributed by atoms with Crippen molar-refractivity contribution in [1.82, 2.24) is 5.32 Å². The van der Waals surface area contributed by atoms with Crippen molar-refractivity contribution in [1.29, 1.82) is 0 Å². The first kappa shape index (κ1) is 13.8. The van der Waals surface area contributed by atoms with Crippen LogP contribution in [0.2, 0.25) is 0 Å². The molecule has 0 aliphatic rings. The summed E-state index contributed by atoms with van der Waals surface area (Å²) in [5, 5.41) is 11.5. The molecule has 0 fully saturated rings. The fraction of sp³-hybridized carbons (Fsp3) is 1.00. The molecule has 0 amide bonds. The van der Waals surface area contributed by atoms with Gasteiger partial charge in [0.2, 0.25) is 0 Å². The van der Waals surface area contributed by atoms with E-state index >= 15 is 0 Å². The van der Waals surface area contributed by atoms with E-state index in [9.17, 15) is 8.42 Å². The Bertz CT molecular complexity index is 227. The third-order valence-corrected chi connectivity index (χ3v) is 3.64. The third kappa shape index (κ3) is 6.31. The number of hydrogen-bond acceptors (Lipinski definition) is 5. The van der Waals surface area contributed by atoms with E-state index < -0.39 is 9.84 Å². The van der Waals surface area contributed by atoms with E-state index in [2.05, 4.69) is 5.32 Å². The van der Waals surface area contributed by atoms with E-state index in [0.717, 1.165) is 0 Å². The van der Waals surface area contributed by atoms with E-state index in [0.29, 0.717) is 6.42 Å². The van der Waals surface area contributed by atoms with Crippen molar-refractivity contribution in [2.75, 3.05) is 38.9 Å². The van der Waals surface area contributed by atoms with Gasteiger partial charge in [0.15, 0.2) is 9.84 Å².